The summed E-state index contributed by atoms with van der Waals surface area (Å²) in [6, 6.07) is 1.05. The van der Waals surface area contributed by atoms with Crippen LogP contribution < -0.4 is 11.1 Å². The Morgan fingerprint density at radius 1 is 1.33 bits per heavy atom. The summed E-state index contributed by atoms with van der Waals surface area (Å²) in [6.07, 6.45) is 0. The third-order valence-corrected chi connectivity index (χ3v) is 3.09. The number of carbonyl (C=O) groups is 1. The van der Waals surface area contributed by atoms with Crippen LogP contribution in [0.15, 0.2) is 16.6 Å². The van der Waals surface area contributed by atoms with Gasteiger partial charge in [-0.3, -0.25) is 4.79 Å². The van der Waals surface area contributed by atoms with Gasteiger partial charge in [-0.05, 0) is 27.4 Å². The average molecular weight is 321 g/mol. The van der Waals surface area contributed by atoms with Crippen LogP contribution in [0.2, 0.25) is 0 Å². The summed E-state index contributed by atoms with van der Waals surface area (Å²) in [5.74, 6) is -1.93. The number of hydrogen-bond donors (Lipinski definition) is 2. The second-order valence-electron chi connectivity index (χ2n) is 5.08. The maximum atomic E-state index is 13.5. The smallest absolute Gasteiger partial charge is 0.241 e. The number of rotatable bonds is 2. The first-order chi connectivity index (χ1) is 8.12. The van der Waals surface area contributed by atoms with Crippen LogP contribution >= 0.6 is 15.9 Å². The van der Waals surface area contributed by atoms with E-state index in [0.29, 0.717) is 0 Å². The Hall–Kier alpha value is -1.01. The molecule has 0 bridgehead atoms. The second kappa shape index (κ2) is 5.32. The summed E-state index contributed by atoms with van der Waals surface area (Å²) in [5, 5.41) is 2.28. The van der Waals surface area contributed by atoms with Crippen molar-refractivity contribution in [1.82, 2.24) is 0 Å². The zero-order chi connectivity index (χ0) is 14.1. The fraction of sp³-hybridized carbons (Fsp3) is 0.417. The molecule has 0 saturated carbocycles. The van der Waals surface area contributed by atoms with Gasteiger partial charge in [0.25, 0.3) is 0 Å². The lowest BCUT2D eigenvalue weighted by Crippen LogP contribution is -2.45. The van der Waals surface area contributed by atoms with E-state index >= 15 is 0 Å². The number of amides is 1. The number of nitrogens with two attached hydrogens (primary N) is 1. The summed E-state index contributed by atoms with van der Waals surface area (Å²) >= 11 is 2.85. The highest BCUT2D eigenvalue weighted by Crippen LogP contribution is 2.24. The molecule has 3 N–H and O–H groups in total. The van der Waals surface area contributed by atoms with Gasteiger partial charge in [0.15, 0.2) is 0 Å². The Balaban J connectivity index is 2.92. The van der Waals surface area contributed by atoms with Crippen LogP contribution in [0.3, 0.4) is 0 Å². The number of benzene rings is 1. The van der Waals surface area contributed by atoms with E-state index in [1.165, 1.54) is 0 Å². The van der Waals surface area contributed by atoms with Gasteiger partial charge in [0.2, 0.25) is 5.91 Å². The first kappa shape index (κ1) is 15.0. The van der Waals surface area contributed by atoms with Crippen LogP contribution in [-0.4, -0.2) is 11.9 Å². The molecule has 0 unspecified atom stereocenters. The molecular formula is C12H15BrF2N2O. The third kappa shape index (κ3) is 3.49. The monoisotopic (exact) mass is 320 g/mol. The van der Waals surface area contributed by atoms with Crippen molar-refractivity contribution < 1.29 is 13.6 Å². The predicted molar refractivity (Wildman–Crippen MR) is 70.1 cm³/mol. The van der Waals surface area contributed by atoms with Gasteiger partial charge < -0.3 is 11.1 Å². The molecule has 6 heteroatoms. The summed E-state index contributed by atoms with van der Waals surface area (Å²) in [5.41, 5.74) is 5.04. The quantitative estimate of drug-likeness (QED) is 0.823. The lowest BCUT2D eigenvalue weighted by molar-refractivity contribution is -0.119. The molecule has 0 radical (unpaired) electrons. The van der Waals surface area contributed by atoms with Crippen molar-refractivity contribution in [2.24, 2.45) is 11.1 Å². The van der Waals surface area contributed by atoms with E-state index in [1.54, 1.807) is 20.8 Å². The number of carbonyl (C=O) groups excluding carboxylic acids is 1. The van der Waals surface area contributed by atoms with Gasteiger partial charge in [0, 0.05) is 6.07 Å². The van der Waals surface area contributed by atoms with Crippen LogP contribution in [0.25, 0.3) is 0 Å². The molecule has 100 valence electrons. The van der Waals surface area contributed by atoms with Crippen molar-refractivity contribution in [3.8, 4) is 0 Å². The average Bonchev–Trinajstić information content (AvgIpc) is 2.23. The number of hydrogen-bond acceptors (Lipinski definition) is 2. The van der Waals surface area contributed by atoms with Crippen LogP contribution in [0.1, 0.15) is 20.8 Å². The van der Waals surface area contributed by atoms with Crippen molar-refractivity contribution >= 4 is 27.5 Å². The SMILES string of the molecule is CC(C)(C)[C@@H](N)C(=O)Nc1cc(F)c(Br)cc1F. The van der Waals surface area contributed by atoms with Crippen molar-refractivity contribution in [3.63, 3.8) is 0 Å². The Bertz CT molecular complexity index is 472. The molecule has 1 aromatic carbocycles. The highest BCUT2D eigenvalue weighted by molar-refractivity contribution is 9.10. The molecule has 1 amide bonds. The van der Waals surface area contributed by atoms with Gasteiger partial charge in [0.1, 0.15) is 11.6 Å². The molecule has 0 spiro atoms. The molecule has 18 heavy (non-hydrogen) atoms. The Morgan fingerprint density at radius 3 is 2.39 bits per heavy atom. The lowest BCUT2D eigenvalue weighted by atomic mass is 9.87. The first-order valence-electron chi connectivity index (χ1n) is 5.34. The van der Waals surface area contributed by atoms with Crippen molar-refractivity contribution in [2.45, 2.75) is 26.8 Å². The van der Waals surface area contributed by atoms with Gasteiger partial charge in [-0.1, -0.05) is 20.8 Å². The molecule has 1 atom stereocenters. The molecule has 3 nitrogen and oxygen atoms in total. The molecule has 0 aliphatic carbocycles. The van der Waals surface area contributed by atoms with E-state index in [2.05, 4.69) is 21.2 Å². The van der Waals surface area contributed by atoms with E-state index in [0.717, 1.165) is 12.1 Å². The van der Waals surface area contributed by atoms with Crippen LogP contribution in [0.4, 0.5) is 14.5 Å². The van der Waals surface area contributed by atoms with Gasteiger partial charge in [-0.15, -0.1) is 0 Å². The molecule has 1 rings (SSSR count). The van der Waals surface area contributed by atoms with Gasteiger partial charge >= 0.3 is 0 Å². The predicted octanol–water partition coefficient (Wildman–Crippen LogP) is 3.04. The van der Waals surface area contributed by atoms with Crippen molar-refractivity contribution in [3.05, 3.63) is 28.2 Å². The molecule has 0 aliphatic heterocycles. The molecule has 0 aromatic heterocycles. The lowest BCUT2D eigenvalue weighted by Gasteiger charge is -2.25. The van der Waals surface area contributed by atoms with Gasteiger partial charge in [-0.25, -0.2) is 8.78 Å². The highest BCUT2D eigenvalue weighted by atomic mass is 79.9. The number of nitrogens with one attached hydrogen (secondary N) is 1. The summed E-state index contributed by atoms with van der Waals surface area (Å²) in [6.45, 7) is 5.36. The Kier molecular flexibility index (Phi) is 4.45. The van der Waals surface area contributed by atoms with Crippen molar-refractivity contribution in [1.29, 1.82) is 0 Å². The topological polar surface area (TPSA) is 55.1 Å². The van der Waals surface area contributed by atoms with E-state index in [4.69, 9.17) is 5.73 Å². The van der Waals surface area contributed by atoms with Crippen LogP contribution in [-0.2, 0) is 4.79 Å². The second-order valence-corrected chi connectivity index (χ2v) is 5.93. The summed E-state index contributed by atoms with van der Waals surface area (Å²) in [4.78, 5) is 11.8. The molecular weight excluding hydrogens is 306 g/mol. The van der Waals surface area contributed by atoms with E-state index in [1.807, 2.05) is 0 Å². The zero-order valence-corrected chi connectivity index (χ0v) is 11.9. The van der Waals surface area contributed by atoms with E-state index in [9.17, 15) is 13.6 Å². The molecule has 0 heterocycles. The molecule has 0 fully saturated rings. The van der Waals surface area contributed by atoms with Gasteiger partial charge in [0.05, 0.1) is 16.2 Å². The van der Waals surface area contributed by atoms with Crippen molar-refractivity contribution in [2.75, 3.05) is 5.32 Å². The summed E-state index contributed by atoms with van der Waals surface area (Å²) in [7, 11) is 0. The summed E-state index contributed by atoms with van der Waals surface area (Å²) < 4.78 is 26.7. The normalized spacial score (nSPS) is 13.3. The fourth-order valence-electron chi connectivity index (χ4n) is 1.22. The highest BCUT2D eigenvalue weighted by Gasteiger charge is 2.28. The maximum absolute atomic E-state index is 13.5. The Morgan fingerprint density at radius 2 is 1.89 bits per heavy atom. The third-order valence-electron chi connectivity index (χ3n) is 2.48. The Labute approximate surface area is 113 Å². The minimum atomic E-state index is -0.816. The number of halogens is 3. The van der Waals surface area contributed by atoms with E-state index < -0.39 is 29.0 Å². The van der Waals surface area contributed by atoms with E-state index in [-0.39, 0.29) is 10.2 Å². The number of anilines is 1. The fourth-order valence-corrected chi connectivity index (χ4v) is 1.54. The molecule has 1 aromatic rings. The van der Waals surface area contributed by atoms with Gasteiger partial charge in [-0.2, -0.15) is 0 Å². The standard InChI is InChI=1S/C12H15BrF2N2O/c1-12(2,3)10(16)11(18)17-9-5-7(14)6(13)4-8(9)15/h4-5,10H,16H2,1-3H3,(H,17,18)/t10-/m0/s1. The minimum Gasteiger partial charge on any atom is -0.322 e. The zero-order valence-electron chi connectivity index (χ0n) is 10.4. The molecule has 0 aliphatic rings. The minimum absolute atomic E-state index is 0.00174. The van der Waals surface area contributed by atoms with Crippen LogP contribution in [0, 0.1) is 17.0 Å². The maximum Gasteiger partial charge on any atom is 0.241 e. The first-order valence-corrected chi connectivity index (χ1v) is 6.13. The largest absolute Gasteiger partial charge is 0.322 e. The van der Waals surface area contributed by atoms with Crippen LogP contribution in [0.5, 0.6) is 0 Å². The molecule has 0 saturated heterocycles.